The van der Waals surface area contributed by atoms with Crippen LogP contribution in [0.1, 0.15) is 11.1 Å². The normalized spacial score (nSPS) is 12.5. The molecule has 0 amide bonds. The highest BCUT2D eigenvalue weighted by Crippen LogP contribution is 2.45. The Hall–Kier alpha value is -2.12. The number of hydrogen-bond donors (Lipinski definition) is 0. The van der Waals surface area contributed by atoms with Gasteiger partial charge in [-0.1, -0.05) is 6.07 Å². The number of furan rings is 1. The van der Waals surface area contributed by atoms with Crippen LogP contribution in [0.2, 0.25) is 0 Å². The first kappa shape index (κ1) is 14.3. The van der Waals surface area contributed by atoms with Crippen molar-refractivity contribution in [2.45, 2.75) is 12.4 Å². The lowest BCUT2D eigenvalue weighted by molar-refractivity contribution is -0.144. The maximum atomic E-state index is 12.8. The van der Waals surface area contributed by atoms with Gasteiger partial charge in [-0.15, -0.1) is 0 Å². The molecule has 1 radical (unpaired) electrons. The smallest absolute Gasteiger partial charge is 0.420 e. The fourth-order valence-electron chi connectivity index (χ4n) is 1.48. The number of halogens is 6. The zero-order valence-corrected chi connectivity index (χ0v) is 9.47. The number of ether oxygens (including phenoxy) is 1. The molecule has 0 saturated carbocycles. The number of benzene rings is 1. The van der Waals surface area contributed by atoms with Crippen LogP contribution in [0, 0.1) is 6.26 Å². The molecule has 1 heterocycles. The quantitative estimate of drug-likeness (QED) is 0.734. The zero-order valence-electron chi connectivity index (χ0n) is 9.47. The molecule has 0 atom stereocenters. The Morgan fingerprint density at radius 3 is 1.90 bits per heavy atom. The predicted octanol–water partition coefficient (Wildman–Crippen LogP) is 4.91. The largest absolute Gasteiger partial charge is 0.457 e. The number of rotatable bonds is 2. The summed E-state index contributed by atoms with van der Waals surface area (Å²) in [5.74, 6) is -1.63. The summed E-state index contributed by atoms with van der Waals surface area (Å²) < 4.78 is 85.7. The lowest BCUT2D eigenvalue weighted by Gasteiger charge is -2.17. The molecule has 0 saturated heterocycles. The Morgan fingerprint density at radius 2 is 1.50 bits per heavy atom. The maximum Gasteiger partial charge on any atom is 0.420 e. The molecule has 20 heavy (non-hydrogen) atoms. The monoisotopic (exact) mass is 295 g/mol. The standard InChI is InChI=1S/C12H5F6O2/c13-11(14,15)8-2-1-3-9(12(16,17)18)10(8)20-7-4-5-19-6-7/h1-4,6H. The van der Waals surface area contributed by atoms with E-state index in [4.69, 9.17) is 0 Å². The average Bonchev–Trinajstić information content (AvgIpc) is 2.79. The summed E-state index contributed by atoms with van der Waals surface area (Å²) in [5, 5.41) is 0. The third-order valence-corrected chi connectivity index (χ3v) is 2.29. The van der Waals surface area contributed by atoms with Crippen LogP contribution in [0.5, 0.6) is 11.5 Å². The van der Waals surface area contributed by atoms with Crippen LogP contribution >= 0.6 is 0 Å². The summed E-state index contributed by atoms with van der Waals surface area (Å²) in [5.41, 5.74) is -3.04. The molecule has 0 fully saturated rings. The maximum absolute atomic E-state index is 12.8. The predicted molar refractivity (Wildman–Crippen MR) is 54.1 cm³/mol. The highest BCUT2D eigenvalue weighted by molar-refractivity contribution is 5.46. The second-order valence-electron chi connectivity index (χ2n) is 3.68. The third-order valence-electron chi connectivity index (χ3n) is 2.29. The van der Waals surface area contributed by atoms with Crippen molar-refractivity contribution in [3.8, 4) is 11.5 Å². The van der Waals surface area contributed by atoms with Gasteiger partial charge in [0.2, 0.25) is 0 Å². The fraction of sp³-hybridized carbons (Fsp3) is 0.167. The molecule has 1 aromatic heterocycles. The first-order chi connectivity index (χ1) is 9.19. The van der Waals surface area contributed by atoms with Crippen LogP contribution in [0.4, 0.5) is 26.3 Å². The van der Waals surface area contributed by atoms with E-state index in [0.29, 0.717) is 18.2 Å². The first-order valence-corrected chi connectivity index (χ1v) is 5.09. The summed E-state index contributed by atoms with van der Waals surface area (Å²) in [6, 6.07) is 2.66. The molecule has 2 nitrogen and oxygen atoms in total. The number of alkyl halides is 6. The van der Waals surface area contributed by atoms with E-state index in [1.165, 1.54) is 0 Å². The highest BCUT2D eigenvalue weighted by atomic mass is 19.4. The summed E-state index contributed by atoms with van der Waals surface area (Å²) in [6.07, 6.45) is -7.02. The summed E-state index contributed by atoms with van der Waals surface area (Å²) in [7, 11) is 0. The number of hydrogen-bond acceptors (Lipinski definition) is 2. The van der Waals surface area contributed by atoms with E-state index in [1.807, 2.05) is 0 Å². The van der Waals surface area contributed by atoms with Gasteiger partial charge < -0.3 is 9.15 Å². The van der Waals surface area contributed by atoms with Crippen molar-refractivity contribution in [3.63, 3.8) is 0 Å². The Balaban J connectivity index is 2.59. The van der Waals surface area contributed by atoms with Crippen LogP contribution in [0.3, 0.4) is 0 Å². The van der Waals surface area contributed by atoms with Crippen molar-refractivity contribution in [1.29, 1.82) is 0 Å². The molecule has 2 rings (SSSR count). The van der Waals surface area contributed by atoms with E-state index in [9.17, 15) is 26.3 Å². The van der Waals surface area contributed by atoms with E-state index >= 15 is 0 Å². The van der Waals surface area contributed by atoms with Crippen molar-refractivity contribution in [1.82, 2.24) is 0 Å². The Bertz CT molecular complexity index is 551. The van der Waals surface area contributed by atoms with Crippen molar-refractivity contribution in [2.75, 3.05) is 0 Å². The lowest BCUT2D eigenvalue weighted by atomic mass is 10.1. The van der Waals surface area contributed by atoms with Gasteiger partial charge >= 0.3 is 12.4 Å². The molecule has 107 valence electrons. The van der Waals surface area contributed by atoms with Gasteiger partial charge in [-0.3, -0.25) is 0 Å². The average molecular weight is 295 g/mol. The van der Waals surface area contributed by atoms with Gasteiger partial charge in [-0.2, -0.15) is 26.3 Å². The van der Waals surface area contributed by atoms with Crippen LogP contribution in [0.15, 0.2) is 34.9 Å². The highest BCUT2D eigenvalue weighted by Gasteiger charge is 2.42. The van der Waals surface area contributed by atoms with E-state index in [0.717, 1.165) is 12.3 Å². The van der Waals surface area contributed by atoms with Crippen molar-refractivity contribution in [2.24, 2.45) is 0 Å². The second-order valence-corrected chi connectivity index (χ2v) is 3.68. The van der Waals surface area contributed by atoms with E-state index in [-0.39, 0.29) is 5.75 Å². The van der Waals surface area contributed by atoms with Gasteiger partial charge in [0.1, 0.15) is 6.26 Å². The minimum absolute atomic E-state index is 0.313. The molecule has 0 bridgehead atoms. The van der Waals surface area contributed by atoms with E-state index in [2.05, 4.69) is 15.4 Å². The molecular weight excluding hydrogens is 290 g/mol. The van der Waals surface area contributed by atoms with Gasteiger partial charge in [-0.05, 0) is 12.1 Å². The zero-order chi connectivity index (χ0) is 15.0. The topological polar surface area (TPSA) is 22.4 Å². The molecule has 0 spiro atoms. The van der Waals surface area contributed by atoms with Gasteiger partial charge in [0.15, 0.2) is 17.8 Å². The van der Waals surface area contributed by atoms with E-state index < -0.39 is 29.2 Å². The Morgan fingerprint density at radius 1 is 0.950 bits per heavy atom. The second kappa shape index (κ2) is 4.77. The minimum Gasteiger partial charge on any atom is -0.457 e. The number of para-hydroxylation sites is 1. The van der Waals surface area contributed by atoms with Crippen LogP contribution in [-0.2, 0) is 12.4 Å². The Kier molecular flexibility index (Phi) is 3.41. The first-order valence-electron chi connectivity index (χ1n) is 5.09. The molecule has 0 aliphatic heterocycles. The molecule has 0 unspecified atom stereocenters. The molecular formula is C12H5F6O2. The molecule has 8 heteroatoms. The van der Waals surface area contributed by atoms with Crippen molar-refractivity contribution >= 4 is 0 Å². The fourth-order valence-corrected chi connectivity index (χ4v) is 1.48. The molecule has 0 N–H and O–H groups in total. The summed E-state index contributed by atoms with van der Waals surface area (Å²) >= 11 is 0. The molecule has 2 aromatic rings. The summed E-state index contributed by atoms with van der Waals surface area (Å²) in [6.45, 7) is 0. The van der Waals surface area contributed by atoms with Gasteiger partial charge in [0.25, 0.3) is 0 Å². The van der Waals surface area contributed by atoms with Gasteiger partial charge in [-0.25, -0.2) is 0 Å². The molecule has 1 aromatic carbocycles. The van der Waals surface area contributed by atoms with E-state index in [1.54, 1.807) is 0 Å². The van der Waals surface area contributed by atoms with Crippen LogP contribution < -0.4 is 4.74 Å². The molecule has 0 aliphatic carbocycles. The minimum atomic E-state index is -4.98. The van der Waals surface area contributed by atoms with Gasteiger partial charge in [0.05, 0.1) is 11.1 Å². The van der Waals surface area contributed by atoms with Crippen molar-refractivity contribution < 1.29 is 35.5 Å². The molecule has 0 aliphatic rings. The SMILES string of the molecule is FC(F)(F)c1cccc(C(F)(F)F)c1Oc1c[c]oc1. The lowest BCUT2D eigenvalue weighted by Crippen LogP contribution is -2.13. The summed E-state index contributed by atoms with van der Waals surface area (Å²) in [4.78, 5) is 0. The van der Waals surface area contributed by atoms with Crippen LogP contribution in [-0.4, -0.2) is 0 Å². The van der Waals surface area contributed by atoms with Crippen LogP contribution in [0.25, 0.3) is 0 Å². The Labute approximate surface area is 108 Å². The van der Waals surface area contributed by atoms with Gasteiger partial charge in [0, 0.05) is 6.07 Å². The third kappa shape index (κ3) is 2.89. The van der Waals surface area contributed by atoms with Crippen molar-refractivity contribution in [3.05, 3.63) is 47.9 Å².